The SMILES string of the molecule is CCCc1ccccc2c([Si](Cl)(C3C=CCC=C3)C3C=CCC=C3)c(C)cc1-2. The fourth-order valence-corrected chi connectivity index (χ4v) is 10.6. The van der Waals surface area contributed by atoms with E-state index in [2.05, 4.69) is 92.8 Å². The van der Waals surface area contributed by atoms with Crippen LogP contribution in [0.2, 0.25) is 11.1 Å². The second-order valence-corrected chi connectivity index (χ2v) is 13.3. The van der Waals surface area contributed by atoms with Gasteiger partial charge in [0, 0.05) is 11.1 Å². The first-order chi connectivity index (χ1) is 13.7. The van der Waals surface area contributed by atoms with Crippen molar-refractivity contribution in [3.63, 3.8) is 0 Å². The molecular formula is C26H29ClSi. The van der Waals surface area contributed by atoms with E-state index in [4.69, 9.17) is 11.1 Å². The lowest BCUT2D eigenvalue weighted by Crippen LogP contribution is -2.50. The molecule has 2 heteroatoms. The molecule has 0 saturated heterocycles. The number of aryl methyl sites for hydroxylation is 2. The second kappa shape index (κ2) is 8.27. The largest absolute Gasteiger partial charge is 0.208 e. The highest BCUT2D eigenvalue weighted by Gasteiger charge is 2.48. The molecule has 4 aliphatic carbocycles. The summed E-state index contributed by atoms with van der Waals surface area (Å²) in [6, 6.07) is 11.4. The number of fused-ring (bicyclic) bond motifs is 1. The zero-order valence-electron chi connectivity index (χ0n) is 16.9. The van der Waals surface area contributed by atoms with Crippen molar-refractivity contribution in [2.24, 2.45) is 0 Å². The van der Waals surface area contributed by atoms with Crippen molar-refractivity contribution in [1.29, 1.82) is 0 Å². The Labute approximate surface area is 175 Å². The van der Waals surface area contributed by atoms with Gasteiger partial charge < -0.3 is 0 Å². The fraction of sp³-hybridized carbons (Fsp3) is 0.308. The predicted molar refractivity (Wildman–Crippen MR) is 126 cm³/mol. The Morgan fingerprint density at radius 3 is 2.04 bits per heavy atom. The summed E-state index contributed by atoms with van der Waals surface area (Å²) in [7, 11) is -2.44. The molecule has 0 spiro atoms. The third kappa shape index (κ3) is 3.36. The normalized spacial score (nSPS) is 17.7. The Morgan fingerprint density at radius 2 is 1.46 bits per heavy atom. The average Bonchev–Trinajstić information content (AvgIpc) is 2.95. The van der Waals surface area contributed by atoms with Gasteiger partial charge in [-0.05, 0) is 53.6 Å². The van der Waals surface area contributed by atoms with Crippen LogP contribution in [0.4, 0.5) is 0 Å². The van der Waals surface area contributed by atoms with Gasteiger partial charge in [0.15, 0.2) is 0 Å². The lowest BCUT2D eigenvalue weighted by Gasteiger charge is -2.37. The highest BCUT2D eigenvalue weighted by Crippen LogP contribution is 2.46. The van der Waals surface area contributed by atoms with E-state index in [9.17, 15) is 0 Å². The Bertz CT molecular complexity index is 880. The Balaban J connectivity index is 1.94. The quantitative estimate of drug-likeness (QED) is 0.280. The van der Waals surface area contributed by atoms with Crippen LogP contribution in [0, 0.1) is 6.92 Å². The van der Waals surface area contributed by atoms with Gasteiger partial charge >= 0.3 is 0 Å². The second-order valence-electron chi connectivity index (χ2n) is 8.03. The Hall–Kier alpha value is -1.83. The van der Waals surface area contributed by atoms with E-state index in [0.717, 1.165) is 25.7 Å². The maximum atomic E-state index is 7.85. The topological polar surface area (TPSA) is 0 Å². The lowest BCUT2D eigenvalue weighted by atomic mass is 10.0. The van der Waals surface area contributed by atoms with Gasteiger partial charge in [-0.3, -0.25) is 0 Å². The number of halogens is 1. The number of rotatable bonds is 5. The van der Waals surface area contributed by atoms with E-state index < -0.39 is 7.38 Å². The van der Waals surface area contributed by atoms with Crippen LogP contribution >= 0.6 is 11.1 Å². The molecule has 0 heterocycles. The first-order valence-electron chi connectivity index (χ1n) is 10.5. The average molecular weight is 405 g/mol. The van der Waals surface area contributed by atoms with Crippen molar-refractivity contribution in [3.8, 4) is 11.1 Å². The van der Waals surface area contributed by atoms with E-state index in [1.165, 1.54) is 27.4 Å². The van der Waals surface area contributed by atoms with Crippen molar-refractivity contribution in [1.82, 2.24) is 0 Å². The fourth-order valence-electron chi connectivity index (χ4n) is 4.86. The molecule has 4 aliphatic rings. The minimum atomic E-state index is -2.44. The van der Waals surface area contributed by atoms with Crippen LogP contribution in [-0.2, 0) is 6.42 Å². The molecular weight excluding hydrogens is 376 g/mol. The lowest BCUT2D eigenvalue weighted by molar-refractivity contribution is 0.925. The molecule has 144 valence electrons. The van der Waals surface area contributed by atoms with E-state index in [-0.39, 0.29) is 0 Å². The van der Waals surface area contributed by atoms with E-state index in [1.807, 2.05) is 0 Å². The minimum Gasteiger partial charge on any atom is -0.159 e. The van der Waals surface area contributed by atoms with Gasteiger partial charge in [-0.1, -0.05) is 92.3 Å². The van der Waals surface area contributed by atoms with Gasteiger partial charge in [0.1, 0.15) is 0 Å². The van der Waals surface area contributed by atoms with Crippen LogP contribution in [0.3, 0.4) is 0 Å². The molecule has 0 aromatic carbocycles. The van der Waals surface area contributed by atoms with Crippen LogP contribution in [0.15, 0.2) is 78.9 Å². The van der Waals surface area contributed by atoms with Crippen LogP contribution in [-0.4, -0.2) is 7.38 Å². The summed E-state index contributed by atoms with van der Waals surface area (Å²) in [5, 5.41) is 1.43. The first kappa shape index (κ1) is 19.5. The van der Waals surface area contributed by atoms with Crippen molar-refractivity contribution >= 4 is 23.6 Å². The molecule has 0 bridgehead atoms. The molecule has 0 aromatic heterocycles. The van der Waals surface area contributed by atoms with Crippen LogP contribution in [0.5, 0.6) is 0 Å². The maximum absolute atomic E-state index is 7.85. The summed E-state index contributed by atoms with van der Waals surface area (Å²) < 4.78 is 0. The predicted octanol–water partition coefficient (Wildman–Crippen LogP) is 7.22. The van der Waals surface area contributed by atoms with Gasteiger partial charge in [0.05, 0.1) is 0 Å². The van der Waals surface area contributed by atoms with Crippen LogP contribution < -0.4 is 5.19 Å². The summed E-state index contributed by atoms with van der Waals surface area (Å²) in [5.74, 6) is 0. The summed E-state index contributed by atoms with van der Waals surface area (Å²) in [6.07, 6.45) is 22.9. The zero-order chi connectivity index (χ0) is 19.6. The third-order valence-electron chi connectivity index (χ3n) is 6.12. The summed E-state index contributed by atoms with van der Waals surface area (Å²) in [5.41, 5.74) is 6.18. The van der Waals surface area contributed by atoms with E-state index in [1.54, 1.807) is 0 Å². The molecule has 0 aliphatic heterocycles. The summed E-state index contributed by atoms with van der Waals surface area (Å²) >= 11 is 7.85. The van der Waals surface area contributed by atoms with E-state index >= 15 is 0 Å². The van der Waals surface area contributed by atoms with Gasteiger partial charge in [0.2, 0.25) is 7.38 Å². The molecule has 0 aromatic rings. The molecule has 0 atom stereocenters. The van der Waals surface area contributed by atoms with Crippen molar-refractivity contribution in [3.05, 3.63) is 90.1 Å². The van der Waals surface area contributed by atoms with Crippen molar-refractivity contribution in [2.45, 2.75) is 50.6 Å². The summed E-state index contributed by atoms with van der Waals surface area (Å²) in [6.45, 7) is 4.52. The first-order valence-corrected chi connectivity index (χ1v) is 13.7. The molecule has 0 amide bonds. The monoisotopic (exact) mass is 404 g/mol. The molecule has 0 N–H and O–H groups in total. The van der Waals surface area contributed by atoms with Gasteiger partial charge in [0.25, 0.3) is 0 Å². The van der Waals surface area contributed by atoms with Gasteiger partial charge in [-0.2, -0.15) is 11.1 Å². The minimum absolute atomic E-state index is 0.310. The van der Waals surface area contributed by atoms with Crippen molar-refractivity contribution < 1.29 is 0 Å². The molecule has 0 saturated carbocycles. The smallest absolute Gasteiger partial charge is 0.159 e. The maximum Gasteiger partial charge on any atom is 0.208 e. The molecule has 4 rings (SSSR count). The molecule has 28 heavy (non-hydrogen) atoms. The Kier molecular flexibility index (Phi) is 5.75. The standard InChI is InChI=1S/C26H29ClSi/c1-3-12-21-13-10-11-18-24-25(21)19-20(2)26(24)28(27,22-14-6-4-7-15-22)23-16-8-5-9-17-23/h6-11,13-19,22-23H,3-5,12H2,1-2H3. The Morgan fingerprint density at radius 1 is 0.893 bits per heavy atom. The third-order valence-corrected chi connectivity index (χ3v) is 12.3. The molecule has 0 unspecified atom stereocenters. The number of allylic oxidation sites excluding steroid dienone is 8. The van der Waals surface area contributed by atoms with Crippen molar-refractivity contribution in [2.75, 3.05) is 0 Å². The van der Waals surface area contributed by atoms with Crippen LogP contribution in [0.1, 0.15) is 37.3 Å². The molecule has 0 nitrogen and oxygen atoms in total. The van der Waals surface area contributed by atoms with Gasteiger partial charge in [-0.15, -0.1) is 0 Å². The molecule has 0 radical (unpaired) electrons. The highest BCUT2D eigenvalue weighted by atomic mass is 35.6. The summed E-state index contributed by atoms with van der Waals surface area (Å²) in [4.78, 5) is 0. The van der Waals surface area contributed by atoms with Crippen LogP contribution in [0.25, 0.3) is 11.1 Å². The number of hydrogen-bond acceptors (Lipinski definition) is 0. The molecule has 0 fully saturated rings. The zero-order valence-corrected chi connectivity index (χ0v) is 18.6. The van der Waals surface area contributed by atoms with E-state index in [0.29, 0.717) is 11.1 Å². The number of hydrogen-bond donors (Lipinski definition) is 0. The highest BCUT2D eigenvalue weighted by molar-refractivity contribution is 7.30. The van der Waals surface area contributed by atoms with Gasteiger partial charge in [-0.25, -0.2) is 0 Å².